The molecule has 0 aromatic heterocycles. The topological polar surface area (TPSA) is 63.4 Å². The quantitative estimate of drug-likeness (QED) is 0.920. The average molecular weight is 322 g/mol. The summed E-state index contributed by atoms with van der Waals surface area (Å²) in [6.07, 6.45) is 1.99. The van der Waals surface area contributed by atoms with Gasteiger partial charge in [-0.15, -0.1) is 0 Å². The van der Waals surface area contributed by atoms with Crippen LogP contribution in [0.4, 0.5) is 13.2 Å². The molecule has 1 aliphatic heterocycles. The number of hydrogen-bond donors (Lipinski definition) is 1. The van der Waals surface area contributed by atoms with Crippen LogP contribution in [0.1, 0.15) is 19.3 Å². The van der Waals surface area contributed by atoms with Gasteiger partial charge in [0.15, 0.2) is 4.90 Å². The Bertz CT molecular complexity index is 591. The molecule has 21 heavy (non-hydrogen) atoms. The van der Waals surface area contributed by atoms with E-state index in [-0.39, 0.29) is 13.1 Å². The van der Waals surface area contributed by atoms with E-state index in [1.54, 1.807) is 0 Å². The van der Waals surface area contributed by atoms with Gasteiger partial charge in [-0.1, -0.05) is 0 Å². The van der Waals surface area contributed by atoms with Crippen LogP contribution < -0.4 is 5.73 Å². The van der Waals surface area contributed by atoms with E-state index in [4.69, 9.17) is 5.73 Å². The second-order valence-corrected chi connectivity index (χ2v) is 7.00. The molecule has 1 fully saturated rings. The Labute approximate surface area is 121 Å². The van der Waals surface area contributed by atoms with Gasteiger partial charge in [0.1, 0.15) is 17.5 Å². The molecule has 0 atom stereocenters. The third-order valence-corrected chi connectivity index (χ3v) is 5.66. The second kappa shape index (κ2) is 6.33. The van der Waals surface area contributed by atoms with E-state index in [1.807, 2.05) is 0 Å². The molecule has 1 aromatic carbocycles. The highest BCUT2D eigenvalue weighted by Gasteiger charge is 2.33. The fraction of sp³-hybridized carbons (Fsp3) is 0.538. The van der Waals surface area contributed by atoms with Crippen molar-refractivity contribution >= 4 is 10.0 Å². The summed E-state index contributed by atoms with van der Waals surface area (Å²) in [5.41, 5.74) is 5.46. The summed E-state index contributed by atoms with van der Waals surface area (Å²) >= 11 is 0. The minimum atomic E-state index is -4.29. The number of sulfonamides is 1. The van der Waals surface area contributed by atoms with Crippen LogP contribution in [0.25, 0.3) is 0 Å². The van der Waals surface area contributed by atoms with Gasteiger partial charge in [-0.3, -0.25) is 0 Å². The van der Waals surface area contributed by atoms with Crippen molar-refractivity contribution in [3.63, 3.8) is 0 Å². The van der Waals surface area contributed by atoms with E-state index in [0.29, 0.717) is 37.4 Å². The number of piperidine rings is 1. The number of hydrogen-bond acceptors (Lipinski definition) is 3. The molecule has 118 valence electrons. The Morgan fingerprint density at radius 2 is 1.67 bits per heavy atom. The summed E-state index contributed by atoms with van der Waals surface area (Å²) in [5.74, 6) is -3.64. The maximum atomic E-state index is 13.7. The number of nitrogens with zero attached hydrogens (tertiary/aromatic N) is 1. The molecule has 2 N–H and O–H groups in total. The molecule has 0 amide bonds. The first kappa shape index (κ1) is 16.3. The number of benzene rings is 1. The van der Waals surface area contributed by atoms with Crippen molar-refractivity contribution in [2.24, 2.45) is 11.7 Å². The summed E-state index contributed by atoms with van der Waals surface area (Å²) in [6.45, 7) is 0.894. The summed E-state index contributed by atoms with van der Waals surface area (Å²) < 4.78 is 65.8. The zero-order chi connectivity index (χ0) is 15.6. The molecule has 2 rings (SSSR count). The van der Waals surface area contributed by atoms with Crippen molar-refractivity contribution in [1.29, 1.82) is 0 Å². The van der Waals surface area contributed by atoms with Gasteiger partial charge < -0.3 is 5.73 Å². The molecule has 1 aliphatic rings. The van der Waals surface area contributed by atoms with Crippen LogP contribution in [-0.4, -0.2) is 32.4 Å². The van der Waals surface area contributed by atoms with E-state index in [9.17, 15) is 21.6 Å². The van der Waals surface area contributed by atoms with Gasteiger partial charge in [0.25, 0.3) is 0 Å². The first-order valence-corrected chi connectivity index (χ1v) is 8.15. The molecule has 4 nitrogen and oxygen atoms in total. The van der Waals surface area contributed by atoms with Gasteiger partial charge in [0.05, 0.1) is 0 Å². The number of halogens is 3. The predicted molar refractivity (Wildman–Crippen MR) is 71.5 cm³/mol. The van der Waals surface area contributed by atoms with Gasteiger partial charge >= 0.3 is 0 Å². The Morgan fingerprint density at radius 3 is 2.14 bits per heavy atom. The molecular formula is C13H17F3N2O2S. The highest BCUT2D eigenvalue weighted by Crippen LogP contribution is 2.28. The van der Waals surface area contributed by atoms with Gasteiger partial charge in [-0.25, -0.2) is 21.6 Å². The summed E-state index contributed by atoms with van der Waals surface area (Å²) in [4.78, 5) is -1.08. The van der Waals surface area contributed by atoms with Crippen LogP contribution in [0.3, 0.4) is 0 Å². The molecule has 1 heterocycles. The van der Waals surface area contributed by atoms with Crippen molar-refractivity contribution in [2.75, 3.05) is 19.6 Å². The molecular weight excluding hydrogens is 305 g/mol. The van der Waals surface area contributed by atoms with E-state index in [1.165, 1.54) is 0 Å². The monoisotopic (exact) mass is 322 g/mol. The largest absolute Gasteiger partial charge is 0.330 e. The van der Waals surface area contributed by atoms with E-state index >= 15 is 0 Å². The minimum Gasteiger partial charge on any atom is -0.330 e. The van der Waals surface area contributed by atoms with Crippen molar-refractivity contribution in [1.82, 2.24) is 4.31 Å². The summed E-state index contributed by atoms with van der Waals surface area (Å²) in [5, 5.41) is 0. The molecule has 0 aliphatic carbocycles. The lowest BCUT2D eigenvalue weighted by Crippen LogP contribution is -2.39. The molecule has 1 aromatic rings. The molecule has 0 unspecified atom stereocenters. The Balaban J connectivity index is 2.24. The third kappa shape index (κ3) is 3.38. The fourth-order valence-corrected chi connectivity index (χ4v) is 4.14. The zero-order valence-electron chi connectivity index (χ0n) is 11.4. The van der Waals surface area contributed by atoms with Crippen molar-refractivity contribution < 1.29 is 21.6 Å². The predicted octanol–water partition coefficient (Wildman–Crippen LogP) is 1.85. The van der Waals surface area contributed by atoms with Crippen LogP contribution in [-0.2, 0) is 10.0 Å². The molecule has 0 spiro atoms. The Hall–Kier alpha value is -1.12. The van der Waals surface area contributed by atoms with Crippen LogP contribution in [0.15, 0.2) is 17.0 Å². The summed E-state index contributed by atoms with van der Waals surface area (Å²) in [6, 6.07) is 0.744. The fourth-order valence-electron chi connectivity index (χ4n) is 2.58. The normalized spacial score (nSPS) is 18.1. The highest BCUT2D eigenvalue weighted by atomic mass is 32.2. The molecule has 1 saturated heterocycles. The first-order valence-electron chi connectivity index (χ1n) is 6.71. The van der Waals surface area contributed by atoms with Crippen molar-refractivity contribution in [2.45, 2.75) is 24.2 Å². The van der Waals surface area contributed by atoms with Gasteiger partial charge in [-0.05, 0) is 31.7 Å². The molecule has 0 saturated carbocycles. The second-order valence-electron chi connectivity index (χ2n) is 5.12. The molecule has 0 radical (unpaired) electrons. The Kier molecular flexibility index (Phi) is 4.90. The summed E-state index contributed by atoms with van der Waals surface area (Å²) in [7, 11) is -4.29. The van der Waals surface area contributed by atoms with Gasteiger partial charge in [0, 0.05) is 25.2 Å². The number of nitrogens with two attached hydrogens (primary N) is 1. The Morgan fingerprint density at radius 1 is 1.14 bits per heavy atom. The standard InChI is InChI=1S/C13H17F3N2O2S/c14-10-7-11(15)13(12(16)8-10)21(19,20)18-5-2-9(1-4-17)3-6-18/h7-9H,1-6,17H2. The minimum absolute atomic E-state index is 0.184. The van der Waals surface area contributed by atoms with Crippen LogP contribution in [0.5, 0.6) is 0 Å². The third-order valence-electron chi connectivity index (χ3n) is 3.71. The van der Waals surface area contributed by atoms with Crippen LogP contribution in [0, 0.1) is 23.4 Å². The lowest BCUT2D eigenvalue weighted by molar-refractivity contribution is 0.264. The highest BCUT2D eigenvalue weighted by molar-refractivity contribution is 7.89. The maximum absolute atomic E-state index is 13.7. The first-order chi connectivity index (χ1) is 9.86. The van der Waals surface area contributed by atoms with E-state index in [2.05, 4.69) is 0 Å². The lowest BCUT2D eigenvalue weighted by atomic mass is 9.95. The van der Waals surface area contributed by atoms with Gasteiger partial charge in [0.2, 0.25) is 10.0 Å². The smallest absolute Gasteiger partial charge is 0.248 e. The van der Waals surface area contributed by atoms with Crippen LogP contribution >= 0.6 is 0 Å². The van der Waals surface area contributed by atoms with Crippen molar-refractivity contribution in [3.8, 4) is 0 Å². The SMILES string of the molecule is NCCC1CCN(S(=O)(=O)c2c(F)cc(F)cc2F)CC1. The van der Waals surface area contributed by atoms with E-state index < -0.39 is 32.4 Å². The zero-order valence-corrected chi connectivity index (χ0v) is 12.2. The molecule has 8 heteroatoms. The van der Waals surface area contributed by atoms with E-state index in [0.717, 1.165) is 10.7 Å². The molecule has 0 bridgehead atoms. The van der Waals surface area contributed by atoms with Crippen molar-refractivity contribution in [3.05, 3.63) is 29.6 Å². The maximum Gasteiger partial charge on any atom is 0.248 e. The van der Waals surface area contributed by atoms with Gasteiger partial charge in [-0.2, -0.15) is 4.31 Å². The number of rotatable bonds is 4. The van der Waals surface area contributed by atoms with Crippen LogP contribution in [0.2, 0.25) is 0 Å². The lowest BCUT2D eigenvalue weighted by Gasteiger charge is -2.31. The average Bonchev–Trinajstić information content (AvgIpc) is 2.38.